The maximum atomic E-state index is 12.5. The van der Waals surface area contributed by atoms with Crippen LogP contribution in [0, 0.1) is 6.92 Å². The highest BCUT2D eigenvalue weighted by Gasteiger charge is 2.19. The van der Waals surface area contributed by atoms with E-state index in [4.69, 9.17) is 11.6 Å². The average molecular weight is 450 g/mol. The molecular weight excluding hydrogens is 440 g/mol. The summed E-state index contributed by atoms with van der Waals surface area (Å²) < 4.78 is 28.5. The zero-order valence-electron chi connectivity index (χ0n) is 11.7. The third-order valence-corrected chi connectivity index (χ3v) is 7.44. The first-order chi connectivity index (χ1) is 10.8. The molecule has 23 heavy (non-hydrogen) atoms. The SMILES string of the molecule is Cc1nc(-c2ccc(S(=O)(=O)Nc3ccc(Br)cc3Cl)s2)cs1. The Balaban J connectivity index is 1.89. The van der Waals surface area contributed by atoms with Crippen molar-refractivity contribution in [3.8, 4) is 10.6 Å². The first kappa shape index (κ1) is 16.9. The molecular formula is C14H10BrClN2O2S3. The maximum Gasteiger partial charge on any atom is 0.271 e. The van der Waals surface area contributed by atoms with Crippen LogP contribution in [0.4, 0.5) is 5.69 Å². The van der Waals surface area contributed by atoms with E-state index in [2.05, 4.69) is 25.6 Å². The molecule has 0 saturated carbocycles. The fraction of sp³-hybridized carbons (Fsp3) is 0.0714. The van der Waals surface area contributed by atoms with E-state index in [0.717, 1.165) is 20.1 Å². The first-order valence-corrected chi connectivity index (χ1v) is 10.7. The minimum atomic E-state index is -3.68. The Kier molecular flexibility index (Phi) is 4.80. The lowest BCUT2D eigenvalue weighted by molar-refractivity contribution is 0.603. The summed E-state index contributed by atoms with van der Waals surface area (Å²) in [7, 11) is -3.68. The summed E-state index contributed by atoms with van der Waals surface area (Å²) in [6.45, 7) is 1.91. The second-order valence-electron chi connectivity index (χ2n) is 4.60. The smallest absolute Gasteiger partial charge is 0.271 e. The molecule has 0 aliphatic rings. The van der Waals surface area contributed by atoms with Crippen LogP contribution < -0.4 is 4.72 Å². The minimum Gasteiger partial charge on any atom is -0.277 e. The maximum absolute atomic E-state index is 12.5. The number of hydrogen-bond donors (Lipinski definition) is 1. The molecule has 0 aliphatic carbocycles. The van der Waals surface area contributed by atoms with Crippen LogP contribution in [0.1, 0.15) is 5.01 Å². The fourth-order valence-corrected chi connectivity index (χ4v) is 5.66. The number of rotatable bonds is 4. The molecule has 4 nitrogen and oxygen atoms in total. The van der Waals surface area contributed by atoms with Gasteiger partial charge >= 0.3 is 0 Å². The first-order valence-electron chi connectivity index (χ1n) is 6.35. The van der Waals surface area contributed by atoms with Gasteiger partial charge < -0.3 is 0 Å². The lowest BCUT2D eigenvalue weighted by Crippen LogP contribution is -2.11. The molecule has 0 unspecified atom stereocenters. The molecule has 0 radical (unpaired) electrons. The summed E-state index contributed by atoms with van der Waals surface area (Å²) in [6, 6.07) is 8.31. The van der Waals surface area contributed by atoms with Crippen molar-refractivity contribution in [3.05, 3.63) is 50.2 Å². The van der Waals surface area contributed by atoms with Crippen molar-refractivity contribution in [2.45, 2.75) is 11.1 Å². The van der Waals surface area contributed by atoms with E-state index in [1.54, 1.807) is 30.3 Å². The van der Waals surface area contributed by atoms with Crippen LogP contribution >= 0.6 is 50.2 Å². The van der Waals surface area contributed by atoms with Crippen molar-refractivity contribution in [1.82, 2.24) is 4.98 Å². The van der Waals surface area contributed by atoms with Gasteiger partial charge in [0.1, 0.15) is 4.21 Å². The van der Waals surface area contributed by atoms with E-state index in [9.17, 15) is 8.42 Å². The second-order valence-corrected chi connectivity index (χ2v) is 9.98. The number of benzene rings is 1. The van der Waals surface area contributed by atoms with Crippen molar-refractivity contribution in [1.29, 1.82) is 0 Å². The van der Waals surface area contributed by atoms with Gasteiger partial charge in [0.05, 0.1) is 26.3 Å². The predicted molar refractivity (Wildman–Crippen MR) is 100 cm³/mol. The number of aryl methyl sites for hydroxylation is 1. The molecule has 0 amide bonds. The van der Waals surface area contributed by atoms with Crippen LogP contribution in [0.15, 0.2) is 44.4 Å². The van der Waals surface area contributed by atoms with E-state index in [-0.39, 0.29) is 4.21 Å². The Morgan fingerprint density at radius 2 is 2.04 bits per heavy atom. The van der Waals surface area contributed by atoms with Crippen molar-refractivity contribution < 1.29 is 8.42 Å². The van der Waals surface area contributed by atoms with Gasteiger partial charge in [-0.3, -0.25) is 4.72 Å². The summed E-state index contributed by atoms with van der Waals surface area (Å²) in [5.41, 5.74) is 1.13. The Morgan fingerprint density at radius 1 is 1.26 bits per heavy atom. The minimum absolute atomic E-state index is 0.220. The molecule has 0 fully saturated rings. The highest BCUT2D eigenvalue weighted by Crippen LogP contribution is 2.33. The number of nitrogens with zero attached hydrogens (tertiary/aromatic N) is 1. The van der Waals surface area contributed by atoms with Crippen LogP contribution in [0.3, 0.4) is 0 Å². The van der Waals surface area contributed by atoms with E-state index in [1.165, 1.54) is 22.7 Å². The van der Waals surface area contributed by atoms with Crippen molar-refractivity contribution >= 4 is 65.9 Å². The quantitative estimate of drug-likeness (QED) is 0.580. The van der Waals surface area contributed by atoms with Crippen molar-refractivity contribution in [2.75, 3.05) is 4.72 Å². The lowest BCUT2D eigenvalue weighted by atomic mass is 10.3. The van der Waals surface area contributed by atoms with Gasteiger partial charge in [-0.15, -0.1) is 22.7 Å². The number of sulfonamides is 1. The average Bonchev–Trinajstić information content (AvgIpc) is 3.10. The van der Waals surface area contributed by atoms with Gasteiger partial charge in [-0.05, 0) is 37.3 Å². The number of halogens is 2. The highest BCUT2D eigenvalue weighted by molar-refractivity contribution is 9.10. The molecule has 3 aromatic rings. The third kappa shape index (κ3) is 3.77. The van der Waals surface area contributed by atoms with Gasteiger partial charge in [0.25, 0.3) is 10.0 Å². The molecule has 2 aromatic heterocycles. The van der Waals surface area contributed by atoms with Crippen molar-refractivity contribution in [3.63, 3.8) is 0 Å². The Morgan fingerprint density at radius 3 is 2.70 bits per heavy atom. The van der Waals surface area contributed by atoms with E-state index in [0.29, 0.717) is 10.7 Å². The molecule has 0 aliphatic heterocycles. The van der Waals surface area contributed by atoms with Gasteiger partial charge in [-0.2, -0.15) is 0 Å². The molecule has 1 N–H and O–H groups in total. The standard InChI is InChI=1S/C14H10BrClN2O2S3/c1-8-17-12(7-21-8)13-4-5-14(22-13)23(19,20)18-11-3-2-9(15)6-10(11)16/h2-7,18H,1H3. The van der Waals surface area contributed by atoms with Gasteiger partial charge in [-0.1, -0.05) is 27.5 Å². The molecule has 120 valence electrons. The van der Waals surface area contributed by atoms with Crippen LogP contribution in [-0.2, 0) is 10.0 Å². The van der Waals surface area contributed by atoms with E-state index < -0.39 is 10.0 Å². The van der Waals surface area contributed by atoms with Crippen molar-refractivity contribution in [2.24, 2.45) is 0 Å². The Bertz CT molecular complexity index is 966. The lowest BCUT2D eigenvalue weighted by Gasteiger charge is -2.08. The van der Waals surface area contributed by atoms with Crippen LogP contribution in [0.2, 0.25) is 5.02 Å². The zero-order valence-corrected chi connectivity index (χ0v) is 16.5. The predicted octanol–water partition coefficient (Wildman–Crippen LogP) is 5.40. The molecule has 1 aromatic carbocycles. The van der Waals surface area contributed by atoms with Gasteiger partial charge in [0, 0.05) is 9.85 Å². The van der Waals surface area contributed by atoms with E-state index >= 15 is 0 Å². The Hall–Kier alpha value is -0.930. The third-order valence-electron chi connectivity index (χ3n) is 2.89. The monoisotopic (exact) mass is 448 g/mol. The van der Waals surface area contributed by atoms with Crippen LogP contribution in [0.25, 0.3) is 10.6 Å². The largest absolute Gasteiger partial charge is 0.277 e. The summed E-state index contributed by atoms with van der Waals surface area (Å²) in [6.07, 6.45) is 0. The summed E-state index contributed by atoms with van der Waals surface area (Å²) in [5.74, 6) is 0. The number of hydrogen-bond acceptors (Lipinski definition) is 5. The second kappa shape index (κ2) is 6.52. The molecule has 2 heterocycles. The van der Waals surface area contributed by atoms with Crippen LogP contribution in [0.5, 0.6) is 0 Å². The number of aromatic nitrogens is 1. The Labute approximate surface area is 155 Å². The number of thiophene rings is 1. The number of thiazole rings is 1. The molecule has 0 bridgehead atoms. The molecule has 9 heteroatoms. The highest BCUT2D eigenvalue weighted by atomic mass is 79.9. The molecule has 0 saturated heterocycles. The molecule has 0 spiro atoms. The number of nitrogens with one attached hydrogen (secondary N) is 1. The van der Waals surface area contributed by atoms with Gasteiger partial charge in [0.15, 0.2) is 0 Å². The topological polar surface area (TPSA) is 59.1 Å². The zero-order chi connectivity index (χ0) is 16.6. The normalized spacial score (nSPS) is 11.6. The summed E-state index contributed by atoms with van der Waals surface area (Å²) in [4.78, 5) is 5.19. The summed E-state index contributed by atoms with van der Waals surface area (Å²) >= 11 is 12.1. The fourth-order valence-electron chi connectivity index (χ4n) is 1.85. The molecule has 3 rings (SSSR count). The summed E-state index contributed by atoms with van der Waals surface area (Å²) in [5, 5.41) is 3.18. The van der Waals surface area contributed by atoms with E-state index in [1.807, 2.05) is 12.3 Å². The molecule has 0 atom stereocenters. The van der Waals surface area contributed by atoms with Gasteiger partial charge in [0.2, 0.25) is 0 Å². The number of anilines is 1. The van der Waals surface area contributed by atoms with Gasteiger partial charge in [-0.25, -0.2) is 13.4 Å². The van der Waals surface area contributed by atoms with Crippen LogP contribution in [-0.4, -0.2) is 13.4 Å².